The molecule has 23 heavy (non-hydrogen) atoms. The zero-order chi connectivity index (χ0) is 16.8. The molecule has 10 heteroatoms. The third kappa shape index (κ3) is 2.87. The first-order valence-electron chi connectivity index (χ1n) is 6.24. The van der Waals surface area contributed by atoms with Gasteiger partial charge in [-0.3, -0.25) is 9.20 Å². The number of halogens is 2. The van der Waals surface area contributed by atoms with Crippen LogP contribution >= 0.6 is 27.5 Å². The lowest BCUT2D eigenvalue weighted by Crippen LogP contribution is -2.31. The minimum Gasteiger partial charge on any atom is -0.459 e. The Hall–Kier alpha value is -1.84. The number of pyridine rings is 1. The fourth-order valence-electron chi connectivity index (χ4n) is 2.03. The van der Waals surface area contributed by atoms with Crippen LogP contribution in [0.4, 0.5) is 0 Å². The second kappa shape index (κ2) is 5.66. The lowest BCUT2D eigenvalue weighted by Gasteiger charge is -2.06. The Labute approximate surface area is 144 Å². The standard InChI is InChI=1S/C13H9BrClN3O4S/c1-7-4-5-22-10(7)12(19)17-23(20,21)13-11(15)16-9-3-2-8(14)6-18(9)13/h2-6H,1H3,(H,17,19). The monoisotopic (exact) mass is 417 g/mol. The van der Waals surface area contributed by atoms with Crippen molar-refractivity contribution < 1.29 is 17.6 Å². The second-order valence-electron chi connectivity index (χ2n) is 4.65. The number of aromatic nitrogens is 2. The predicted molar refractivity (Wildman–Crippen MR) is 86.0 cm³/mol. The highest BCUT2D eigenvalue weighted by Gasteiger charge is 2.28. The normalized spacial score (nSPS) is 11.8. The molecule has 0 aliphatic carbocycles. The van der Waals surface area contributed by atoms with Gasteiger partial charge in [0.2, 0.25) is 0 Å². The van der Waals surface area contributed by atoms with E-state index in [1.807, 2.05) is 4.72 Å². The summed E-state index contributed by atoms with van der Waals surface area (Å²) in [6.45, 7) is 1.63. The highest BCUT2D eigenvalue weighted by atomic mass is 79.9. The third-order valence-corrected chi connectivity index (χ3v) is 5.25. The van der Waals surface area contributed by atoms with Gasteiger partial charge in [-0.2, -0.15) is 8.42 Å². The number of hydrogen-bond acceptors (Lipinski definition) is 5. The highest BCUT2D eigenvalue weighted by Crippen LogP contribution is 2.24. The lowest BCUT2D eigenvalue weighted by molar-refractivity contribution is 0.0953. The second-order valence-corrected chi connectivity index (χ2v) is 7.52. The molecule has 3 aromatic heterocycles. The minimum absolute atomic E-state index is 0.0836. The zero-order valence-electron chi connectivity index (χ0n) is 11.6. The van der Waals surface area contributed by atoms with E-state index in [9.17, 15) is 13.2 Å². The van der Waals surface area contributed by atoms with E-state index in [-0.39, 0.29) is 15.9 Å². The number of hydrogen-bond donors (Lipinski definition) is 1. The van der Waals surface area contributed by atoms with Crippen LogP contribution in [0.5, 0.6) is 0 Å². The Kier molecular flexibility index (Phi) is 3.95. The first kappa shape index (κ1) is 16.0. The van der Waals surface area contributed by atoms with Crippen LogP contribution in [0.3, 0.4) is 0 Å². The SMILES string of the molecule is Cc1ccoc1C(=O)NS(=O)(=O)c1c(Cl)nc2ccc(Br)cn12. The number of amides is 1. The van der Waals surface area contributed by atoms with E-state index in [1.165, 1.54) is 16.9 Å². The maximum absolute atomic E-state index is 12.5. The van der Waals surface area contributed by atoms with Crippen molar-refractivity contribution in [2.75, 3.05) is 0 Å². The summed E-state index contributed by atoms with van der Waals surface area (Å²) in [6.07, 6.45) is 2.79. The summed E-state index contributed by atoms with van der Waals surface area (Å²) < 4.78 is 33.9. The molecule has 120 valence electrons. The van der Waals surface area contributed by atoms with Gasteiger partial charge in [-0.25, -0.2) is 9.71 Å². The smallest absolute Gasteiger partial charge is 0.301 e. The topological polar surface area (TPSA) is 93.7 Å². The molecule has 0 aromatic carbocycles. The van der Waals surface area contributed by atoms with Gasteiger partial charge in [-0.1, -0.05) is 11.6 Å². The van der Waals surface area contributed by atoms with Gasteiger partial charge in [0.05, 0.1) is 6.26 Å². The molecule has 3 aromatic rings. The minimum atomic E-state index is -4.24. The Morgan fingerprint density at radius 2 is 2.13 bits per heavy atom. The average Bonchev–Trinajstić information content (AvgIpc) is 3.00. The van der Waals surface area contributed by atoms with E-state index >= 15 is 0 Å². The Balaban J connectivity index is 2.07. The molecule has 0 aliphatic heterocycles. The van der Waals surface area contributed by atoms with Crippen molar-refractivity contribution >= 4 is 49.1 Å². The zero-order valence-corrected chi connectivity index (χ0v) is 14.7. The number of nitrogens with one attached hydrogen (secondary N) is 1. The number of nitrogens with zero attached hydrogens (tertiary/aromatic N) is 2. The Bertz CT molecular complexity index is 1030. The van der Waals surface area contributed by atoms with Crippen molar-refractivity contribution in [3.05, 3.63) is 51.6 Å². The van der Waals surface area contributed by atoms with Crippen molar-refractivity contribution in [2.45, 2.75) is 11.9 Å². The molecule has 3 rings (SSSR count). The summed E-state index contributed by atoms with van der Waals surface area (Å²) in [6, 6.07) is 4.84. The summed E-state index contributed by atoms with van der Waals surface area (Å²) in [5.41, 5.74) is 0.852. The van der Waals surface area contributed by atoms with Gasteiger partial charge in [-0.15, -0.1) is 0 Å². The predicted octanol–water partition coefficient (Wildman–Crippen LogP) is 2.77. The maximum Gasteiger partial charge on any atom is 0.301 e. The van der Waals surface area contributed by atoms with E-state index in [4.69, 9.17) is 16.0 Å². The van der Waals surface area contributed by atoms with Crippen molar-refractivity contribution in [3.8, 4) is 0 Å². The number of sulfonamides is 1. The quantitative estimate of drug-likeness (QED) is 0.706. The van der Waals surface area contributed by atoms with Crippen molar-refractivity contribution in [1.82, 2.24) is 14.1 Å². The molecule has 0 saturated heterocycles. The molecule has 0 bridgehead atoms. The fourth-order valence-corrected chi connectivity index (χ4v) is 3.96. The first-order valence-corrected chi connectivity index (χ1v) is 8.89. The van der Waals surface area contributed by atoms with Gasteiger partial charge >= 0.3 is 5.91 Å². The number of carbonyl (C=O) groups excluding carboxylic acids is 1. The number of carbonyl (C=O) groups is 1. The molecule has 0 aliphatic rings. The molecule has 1 amide bonds. The maximum atomic E-state index is 12.5. The van der Waals surface area contributed by atoms with Gasteiger partial charge in [-0.05, 0) is 41.1 Å². The number of rotatable bonds is 3. The summed E-state index contributed by atoms with van der Waals surface area (Å²) in [5.74, 6) is -0.965. The van der Waals surface area contributed by atoms with Gasteiger partial charge in [0, 0.05) is 16.2 Å². The van der Waals surface area contributed by atoms with E-state index in [0.29, 0.717) is 15.7 Å². The van der Waals surface area contributed by atoms with Crippen molar-refractivity contribution in [1.29, 1.82) is 0 Å². The van der Waals surface area contributed by atoms with Crippen molar-refractivity contribution in [3.63, 3.8) is 0 Å². The van der Waals surface area contributed by atoms with Crippen LogP contribution in [0.15, 0.2) is 44.6 Å². The van der Waals surface area contributed by atoms with E-state index < -0.39 is 15.9 Å². The number of fused-ring (bicyclic) bond motifs is 1. The van der Waals surface area contributed by atoms with Crippen LogP contribution in [0.2, 0.25) is 5.15 Å². The molecule has 1 N–H and O–H groups in total. The molecular formula is C13H9BrClN3O4S. The van der Waals surface area contributed by atoms with Crippen LogP contribution < -0.4 is 4.72 Å². The molecule has 0 unspecified atom stereocenters. The third-order valence-electron chi connectivity index (χ3n) is 3.05. The van der Waals surface area contributed by atoms with Crippen LogP contribution in [0, 0.1) is 6.92 Å². The van der Waals surface area contributed by atoms with Gasteiger partial charge in [0.15, 0.2) is 15.9 Å². The van der Waals surface area contributed by atoms with Crippen LogP contribution in [-0.2, 0) is 10.0 Å². The molecule has 0 atom stereocenters. The van der Waals surface area contributed by atoms with Gasteiger partial charge in [0.25, 0.3) is 10.0 Å². The van der Waals surface area contributed by atoms with Crippen LogP contribution in [0.25, 0.3) is 5.65 Å². The van der Waals surface area contributed by atoms with Crippen molar-refractivity contribution in [2.24, 2.45) is 0 Å². The molecule has 0 spiro atoms. The summed E-state index contributed by atoms with van der Waals surface area (Å²) in [4.78, 5) is 16.0. The average molecular weight is 419 g/mol. The van der Waals surface area contributed by atoms with Crippen LogP contribution in [-0.4, -0.2) is 23.7 Å². The Morgan fingerprint density at radius 1 is 1.39 bits per heavy atom. The Morgan fingerprint density at radius 3 is 2.78 bits per heavy atom. The molecule has 0 radical (unpaired) electrons. The molecule has 0 saturated carbocycles. The number of imidazole rings is 1. The first-order chi connectivity index (χ1) is 10.8. The summed E-state index contributed by atoms with van der Waals surface area (Å²) in [7, 11) is -4.24. The van der Waals surface area contributed by atoms with E-state index in [0.717, 1.165) is 0 Å². The van der Waals surface area contributed by atoms with E-state index in [1.54, 1.807) is 25.1 Å². The van der Waals surface area contributed by atoms with Gasteiger partial charge in [0.1, 0.15) is 5.65 Å². The summed E-state index contributed by atoms with van der Waals surface area (Å²) >= 11 is 9.19. The molecule has 7 nitrogen and oxygen atoms in total. The number of aryl methyl sites for hydroxylation is 1. The van der Waals surface area contributed by atoms with E-state index in [2.05, 4.69) is 20.9 Å². The molecule has 0 fully saturated rings. The lowest BCUT2D eigenvalue weighted by atomic mass is 10.3. The largest absolute Gasteiger partial charge is 0.459 e. The highest BCUT2D eigenvalue weighted by molar-refractivity contribution is 9.10. The van der Waals surface area contributed by atoms with Crippen LogP contribution in [0.1, 0.15) is 16.1 Å². The molecular weight excluding hydrogens is 410 g/mol. The summed E-state index contributed by atoms with van der Waals surface area (Å²) in [5, 5.41) is -0.562. The molecule has 3 heterocycles. The number of furan rings is 1. The fraction of sp³-hybridized carbons (Fsp3) is 0.0769. The van der Waals surface area contributed by atoms with Gasteiger partial charge < -0.3 is 4.42 Å².